The first-order valence-corrected chi connectivity index (χ1v) is 12.3. The molecule has 164 valence electrons. The fraction of sp³-hybridized carbons (Fsp3) is 0.391. The number of hydrogen-bond acceptors (Lipinski definition) is 5. The van der Waals surface area contributed by atoms with Gasteiger partial charge < -0.3 is 14.2 Å². The van der Waals surface area contributed by atoms with E-state index in [1.54, 1.807) is 24.4 Å². The van der Waals surface area contributed by atoms with Gasteiger partial charge in [-0.05, 0) is 36.4 Å². The van der Waals surface area contributed by atoms with Crippen LogP contribution in [0.15, 0.2) is 53.7 Å². The molecule has 0 saturated carbocycles. The second kappa shape index (κ2) is 8.34. The van der Waals surface area contributed by atoms with Crippen molar-refractivity contribution < 1.29 is 17.9 Å². The van der Waals surface area contributed by atoms with Gasteiger partial charge in [-0.15, -0.1) is 0 Å². The zero-order chi connectivity index (χ0) is 22.2. The van der Waals surface area contributed by atoms with Crippen LogP contribution in [-0.2, 0) is 14.6 Å². The predicted octanol–water partition coefficient (Wildman–Crippen LogP) is 3.45. The van der Waals surface area contributed by atoms with E-state index in [1.165, 1.54) is 6.26 Å². The molecule has 8 heteroatoms. The Balaban J connectivity index is 1.44. The number of sulfone groups is 1. The third-order valence-electron chi connectivity index (χ3n) is 5.61. The van der Waals surface area contributed by atoms with Gasteiger partial charge in [0.05, 0.1) is 16.6 Å². The van der Waals surface area contributed by atoms with Crippen LogP contribution in [0.3, 0.4) is 0 Å². The van der Waals surface area contributed by atoms with Gasteiger partial charge in [0.2, 0.25) is 5.91 Å². The number of fused-ring (bicyclic) bond motifs is 1. The van der Waals surface area contributed by atoms with Crippen molar-refractivity contribution in [3.8, 4) is 11.6 Å². The number of rotatable bonds is 5. The normalized spacial score (nSPS) is 15.5. The van der Waals surface area contributed by atoms with Gasteiger partial charge in [0.1, 0.15) is 17.7 Å². The van der Waals surface area contributed by atoms with Crippen LogP contribution in [0.1, 0.15) is 26.7 Å². The summed E-state index contributed by atoms with van der Waals surface area (Å²) in [5.41, 5.74) is 0.885. The highest BCUT2D eigenvalue weighted by Gasteiger charge is 2.25. The van der Waals surface area contributed by atoms with Crippen LogP contribution in [0.4, 0.5) is 0 Å². The molecule has 1 fully saturated rings. The molecule has 0 N–H and O–H groups in total. The lowest BCUT2D eigenvalue weighted by molar-refractivity contribution is -0.136. The Kier molecular flexibility index (Phi) is 5.75. The van der Waals surface area contributed by atoms with Crippen LogP contribution in [0.25, 0.3) is 16.7 Å². The number of likely N-dealkylation sites (tertiary alicyclic amines) is 1. The topological polar surface area (TPSA) is 81.5 Å². The maximum absolute atomic E-state index is 12.1. The van der Waals surface area contributed by atoms with Crippen LogP contribution >= 0.6 is 0 Å². The summed E-state index contributed by atoms with van der Waals surface area (Å²) in [6.07, 6.45) is 6.48. The summed E-state index contributed by atoms with van der Waals surface area (Å²) in [4.78, 5) is 18.9. The SMILES string of the molecule is CC(C)C(=O)N1CCC(Oc2ccc(-n3ccc4cc(S(C)(=O)=O)ccc43)nc2)CC1. The molecule has 7 nitrogen and oxygen atoms in total. The van der Waals surface area contributed by atoms with Crippen molar-refractivity contribution in [2.24, 2.45) is 5.92 Å². The van der Waals surface area contributed by atoms with Crippen LogP contribution in [0.5, 0.6) is 5.75 Å². The average molecular weight is 442 g/mol. The van der Waals surface area contributed by atoms with Crippen molar-refractivity contribution in [2.75, 3.05) is 19.3 Å². The van der Waals surface area contributed by atoms with Gasteiger partial charge in [0, 0.05) is 49.7 Å². The summed E-state index contributed by atoms with van der Waals surface area (Å²) in [6, 6.07) is 10.7. The maximum Gasteiger partial charge on any atom is 0.225 e. The number of pyridine rings is 1. The second-order valence-corrected chi connectivity index (χ2v) is 10.3. The number of piperidine rings is 1. The molecule has 0 spiro atoms. The molecule has 2 aromatic heterocycles. The molecule has 0 aliphatic carbocycles. The minimum absolute atomic E-state index is 0.0249. The van der Waals surface area contributed by atoms with Crippen molar-refractivity contribution in [2.45, 2.75) is 37.7 Å². The largest absolute Gasteiger partial charge is 0.489 e. The number of benzene rings is 1. The minimum atomic E-state index is -3.25. The Hall–Kier alpha value is -2.87. The average Bonchev–Trinajstić information content (AvgIpc) is 3.17. The smallest absolute Gasteiger partial charge is 0.225 e. The van der Waals surface area contributed by atoms with Gasteiger partial charge in [0.25, 0.3) is 0 Å². The number of amides is 1. The van der Waals surface area contributed by atoms with E-state index >= 15 is 0 Å². The van der Waals surface area contributed by atoms with E-state index in [9.17, 15) is 13.2 Å². The third-order valence-corrected chi connectivity index (χ3v) is 6.72. The van der Waals surface area contributed by atoms with Gasteiger partial charge in [-0.25, -0.2) is 13.4 Å². The number of carbonyl (C=O) groups is 1. The van der Waals surface area contributed by atoms with Crippen molar-refractivity contribution in [3.05, 3.63) is 48.8 Å². The lowest BCUT2D eigenvalue weighted by Crippen LogP contribution is -2.43. The molecule has 1 aliphatic heterocycles. The van der Waals surface area contributed by atoms with E-state index in [-0.39, 0.29) is 17.9 Å². The van der Waals surface area contributed by atoms with Crippen LogP contribution in [0, 0.1) is 5.92 Å². The molecule has 4 rings (SSSR count). The van der Waals surface area contributed by atoms with E-state index < -0.39 is 9.84 Å². The molecule has 0 bridgehead atoms. The van der Waals surface area contributed by atoms with Crippen molar-refractivity contribution in [1.29, 1.82) is 0 Å². The van der Waals surface area contributed by atoms with Crippen molar-refractivity contribution >= 4 is 26.6 Å². The molecule has 0 unspecified atom stereocenters. The molecule has 1 amide bonds. The molecular weight excluding hydrogens is 414 g/mol. The summed E-state index contributed by atoms with van der Waals surface area (Å²) in [6.45, 7) is 5.30. The number of hydrogen-bond donors (Lipinski definition) is 0. The van der Waals surface area contributed by atoms with Crippen LogP contribution in [0.2, 0.25) is 0 Å². The Labute approximate surface area is 182 Å². The van der Waals surface area contributed by atoms with Crippen molar-refractivity contribution in [1.82, 2.24) is 14.5 Å². The standard InChI is InChI=1S/C23H27N3O4S/c1-16(2)23(27)25-11-9-18(10-12-25)30-19-4-7-22(24-15-19)26-13-8-17-14-20(31(3,28)29)5-6-21(17)26/h4-8,13-16,18H,9-12H2,1-3H3. The first kappa shape index (κ1) is 21.4. The van der Waals surface area contributed by atoms with E-state index in [0.717, 1.165) is 42.7 Å². The number of aromatic nitrogens is 2. The predicted molar refractivity (Wildman–Crippen MR) is 119 cm³/mol. The first-order valence-electron chi connectivity index (χ1n) is 10.5. The quantitative estimate of drug-likeness (QED) is 0.606. The maximum atomic E-state index is 12.1. The fourth-order valence-corrected chi connectivity index (χ4v) is 4.54. The molecule has 1 aliphatic rings. The highest BCUT2D eigenvalue weighted by molar-refractivity contribution is 7.90. The summed E-state index contributed by atoms with van der Waals surface area (Å²) in [5, 5.41) is 0.841. The Morgan fingerprint density at radius 2 is 1.87 bits per heavy atom. The Morgan fingerprint density at radius 1 is 1.13 bits per heavy atom. The number of nitrogens with zero attached hydrogens (tertiary/aromatic N) is 3. The highest BCUT2D eigenvalue weighted by Crippen LogP contribution is 2.25. The monoisotopic (exact) mass is 441 g/mol. The van der Waals surface area contributed by atoms with E-state index in [0.29, 0.717) is 10.6 Å². The number of carbonyl (C=O) groups excluding carboxylic acids is 1. The van der Waals surface area contributed by atoms with E-state index in [4.69, 9.17) is 4.74 Å². The summed E-state index contributed by atoms with van der Waals surface area (Å²) < 4.78 is 31.6. The summed E-state index contributed by atoms with van der Waals surface area (Å²) in [7, 11) is -3.25. The van der Waals surface area contributed by atoms with Crippen molar-refractivity contribution in [3.63, 3.8) is 0 Å². The molecule has 1 saturated heterocycles. The molecule has 3 heterocycles. The third kappa shape index (κ3) is 4.58. The molecule has 3 aromatic rings. The number of ether oxygens (including phenoxy) is 1. The molecule has 1 aromatic carbocycles. The Morgan fingerprint density at radius 3 is 2.48 bits per heavy atom. The van der Waals surface area contributed by atoms with Gasteiger partial charge >= 0.3 is 0 Å². The molecule has 0 radical (unpaired) electrons. The zero-order valence-corrected chi connectivity index (χ0v) is 18.8. The summed E-state index contributed by atoms with van der Waals surface area (Å²) in [5.74, 6) is 1.66. The molecule has 31 heavy (non-hydrogen) atoms. The zero-order valence-electron chi connectivity index (χ0n) is 18.0. The Bertz CT molecular complexity index is 1190. The summed E-state index contributed by atoms with van der Waals surface area (Å²) >= 11 is 0. The van der Waals surface area contributed by atoms with E-state index in [2.05, 4.69) is 4.98 Å². The lowest BCUT2D eigenvalue weighted by Gasteiger charge is -2.33. The van der Waals surface area contributed by atoms with Gasteiger partial charge in [-0.2, -0.15) is 0 Å². The van der Waals surface area contributed by atoms with Crippen LogP contribution in [-0.4, -0.2) is 54.2 Å². The highest BCUT2D eigenvalue weighted by atomic mass is 32.2. The van der Waals surface area contributed by atoms with Gasteiger partial charge in [-0.3, -0.25) is 4.79 Å². The molecular formula is C23H27N3O4S. The first-order chi connectivity index (χ1) is 14.7. The minimum Gasteiger partial charge on any atom is -0.489 e. The fourth-order valence-electron chi connectivity index (χ4n) is 3.89. The van der Waals surface area contributed by atoms with E-state index in [1.807, 2.05) is 47.7 Å². The van der Waals surface area contributed by atoms with Gasteiger partial charge in [-0.1, -0.05) is 13.8 Å². The van der Waals surface area contributed by atoms with Gasteiger partial charge in [0.15, 0.2) is 9.84 Å². The van der Waals surface area contributed by atoms with Crippen LogP contribution < -0.4 is 4.74 Å². The molecule has 0 atom stereocenters. The lowest BCUT2D eigenvalue weighted by atomic mass is 10.1. The second-order valence-electron chi connectivity index (χ2n) is 8.33.